The summed E-state index contributed by atoms with van der Waals surface area (Å²) in [5.74, 6) is -0.133. The van der Waals surface area contributed by atoms with E-state index in [0.717, 1.165) is 29.7 Å². The Morgan fingerprint density at radius 3 is 2.38 bits per heavy atom. The van der Waals surface area contributed by atoms with Crippen LogP contribution in [0, 0.1) is 0 Å². The number of thiazole rings is 1. The third kappa shape index (κ3) is 6.11. The molecule has 0 radical (unpaired) electrons. The lowest BCUT2D eigenvalue weighted by molar-refractivity contribution is -0.142. The Hall–Kier alpha value is -3.45. The molecule has 176 valence electrons. The molecule has 0 saturated carbocycles. The zero-order chi connectivity index (χ0) is 23.8. The molecule has 2 amide bonds. The van der Waals surface area contributed by atoms with Crippen molar-refractivity contribution in [2.45, 2.75) is 37.6 Å². The van der Waals surface area contributed by atoms with Crippen LogP contribution in [0.3, 0.4) is 0 Å². The third-order valence-corrected chi connectivity index (χ3v) is 6.82. The maximum Gasteiger partial charge on any atom is 0.243 e. The van der Waals surface area contributed by atoms with Gasteiger partial charge in [-0.2, -0.15) is 0 Å². The van der Waals surface area contributed by atoms with Gasteiger partial charge in [0.25, 0.3) is 0 Å². The minimum atomic E-state index is -0.434. The van der Waals surface area contributed by atoms with Gasteiger partial charge < -0.3 is 16.0 Å². The summed E-state index contributed by atoms with van der Waals surface area (Å²) in [6, 6.07) is 19.8. The van der Waals surface area contributed by atoms with Crippen molar-refractivity contribution in [2.75, 3.05) is 18.8 Å². The molecule has 3 aromatic rings. The van der Waals surface area contributed by atoms with Crippen molar-refractivity contribution in [3.8, 4) is 0 Å². The Labute approximate surface area is 204 Å². The number of nitrogen functional groups attached to an aromatic ring is 1. The van der Waals surface area contributed by atoms with E-state index in [4.69, 9.17) is 5.73 Å². The molecular weight excluding hydrogens is 444 g/mol. The first kappa shape index (κ1) is 23.7. The summed E-state index contributed by atoms with van der Waals surface area (Å²) >= 11 is 1.38. The van der Waals surface area contributed by atoms with Crippen LogP contribution in [0.2, 0.25) is 0 Å². The number of benzene rings is 2. The van der Waals surface area contributed by atoms with Crippen molar-refractivity contribution in [2.24, 2.45) is 0 Å². The van der Waals surface area contributed by atoms with Crippen molar-refractivity contribution in [1.29, 1.82) is 0 Å². The van der Waals surface area contributed by atoms with E-state index in [0.29, 0.717) is 31.1 Å². The van der Waals surface area contributed by atoms with Crippen LogP contribution in [0.15, 0.2) is 72.1 Å². The van der Waals surface area contributed by atoms with E-state index in [2.05, 4.69) is 34.6 Å². The van der Waals surface area contributed by atoms with E-state index in [1.807, 2.05) is 53.9 Å². The van der Waals surface area contributed by atoms with Gasteiger partial charge in [0.2, 0.25) is 11.8 Å². The molecule has 1 saturated heterocycles. The van der Waals surface area contributed by atoms with E-state index >= 15 is 0 Å². The van der Waals surface area contributed by atoms with Gasteiger partial charge in [-0.15, -0.1) is 11.3 Å². The normalized spacial score (nSPS) is 16.1. The van der Waals surface area contributed by atoms with Gasteiger partial charge in [0.1, 0.15) is 6.04 Å². The van der Waals surface area contributed by atoms with Crippen LogP contribution in [0.1, 0.15) is 48.4 Å². The van der Waals surface area contributed by atoms with Crippen LogP contribution < -0.4 is 11.1 Å². The molecule has 7 heteroatoms. The summed E-state index contributed by atoms with van der Waals surface area (Å²) in [6.45, 7) is 0.993. The summed E-state index contributed by atoms with van der Waals surface area (Å²) in [7, 11) is 0. The van der Waals surface area contributed by atoms with Crippen LogP contribution in [0.25, 0.3) is 6.08 Å². The first-order valence-electron chi connectivity index (χ1n) is 11.7. The first-order chi connectivity index (χ1) is 16.6. The number of aromatic nitrogens is 1. The second-order valence-corrected chi connectivity index (χ2v) is 9.32. The first-order valence-corrected chi connectivity index (χ1v) is 12.5. The number of carbonyl (C=O) groups is 2. The predicted molar refractivity (Wildman–Crippen MR) is 137 cm³/mol. The molecule has 0 unspecified atom stereocenters. The van der Waals surface area contributed by atoms with E-state index in [1.165, 1.54) is 11.3 Å². The molecule has 1 fully saturated rings. The highest BCUT2D eigenvalue weighted by molar-refractivity contribution is 7.13. The standard InChI is InChI=1S/C27H30N4O2S/c28-27-30-22(19-34-27)14-9-16-29-26(33)24-15-7-8-17-31(24)25(32)18-23(20-10-3-1-4-11-20)21-12-5-2-6-13-21/h1-6,9-14,19,23-24H,7-8,15-18H2,(H2,28,30)(H,29,33)/b14-9+/t24-/m0/s1. The largest absolute Gasteiger partial charge is 0.375 e. The number of hydrogen-bond donors (Lipinski definition) is 2. The summed E-state index contributed by atoms with van der Waals surface area (Å²) in [4.78, 5) is 32.4. The van der Waals surface area contributed by atoms with Crippen molar-refractivity contribution in [3.63, 3.8) is 0 Å². The second-order valence-electron chi connectivity index (χ2n) is 8.43. The van der Waals surface area contributed by atoms with Gasteiger partial charge in [0.05, 0.1) is 5.69 Å². The number of anilines is 1. The van der Waals surface area contributed by atoms with E-state index in [-0.39, 0.29) is 17.7 Å². The Bertz CT molecular complexity index is 1070. The minimum Gasteiger partial charge on any atom is -0.375 e. The molecule has 34 heavy (non-hydrogen) atoms. The Balaban J connectivity index is 1.42. The second kappa shape index (κ2) is 11.6. The summed E-state index contributed by atoms with van der Waals surface area (Å²) in [5.41, 5.74) is 8.63. The third-order valence-electron chi connectivity index (χ3n) is 6.13. The van der Waals surface area contributed by atoms with E-state index < -0.39 is 6.04 Å². The maximum atomic E-state index is 13.5. The number of nitrogens with two attached hydrogens (primary N) is 1. The number of carbonyl (C=O) groups excluding carboxylic acids is 2. The highest BCUT2D eigenvalue weighted by atomic mass is 32.1. The number of likely N-dealkylation sites (tertiary alicyclic amines) is 1. The number of amides is 2. The van der Waals surface area contributed by atoms with Gasteiger partial charge in [-0.25, -0.2) is 4.98 Å². The van der Waals surface area contributed by atoms with Gasteiger partial charge in [0.15, 0.2) is 5.13 Å². The van der Waals surface area contributed by atoms with Gasteiger partial charge in [-0.3, -0.25) is 9.59 Å². The molecule has 1 aromatic heterocycles. The molecular formula is C27H30N4O2S. The predicted octanol–water partition coefficient (Wildman–Crippen LogP) is 4.46. The van der Waals surface area contributed by atoms with Gasteiger partial charge >= 0.3 is 0 Å². The fourth-order valence-corrected chi connectivity index (χ4v) is 4.96. The Kier molecular flexibility index (Phi) is 8.09. The quantitative estimate of drug-likeness (QED) is 0.505. The highest BCUT2D eigenvalue weighted by Gasteiger charge is 2.33. The molecule has 0 aliphatic carbocycles. The average molecular weight is 475 g/mol. The minimum absolute atomic E-state index is 0.0195. The summed E-state index contributed by atoms with van der Waals surface area (Å²) < 4.78 is 0. The number of nitrogens with zero attached hydrogens (tertiary/aromatic N) is 2. The fourth-order valence-electron chi connectivity index (χ4n) is 4.43. The molecule has 2 heterocycles. The van der Waals surface area contributed by atoms with Crippen molar-refractivity contribution >= 4 is 34.4 Å². The molecule has 2 aromatic carbocycles. The lowest BCUT2D eigenvalue weighted by Crippen LogP contribution is -2.52. The lowest BCUT2D eigenvalue weighted by Gasteiger charge is -2.35. The zero-order valence-electron chi connectivity index (χ0n) is 19.1. The smallest absolute Gasteiger partial charge is 0.243 e. The fraction of sp³-hybridized carbons (Fsp3) is 0.296. The summed E-state index contributed by atoms with van der Waals surface area (Å²) in [5, 5.41) is 5.34. The number of nitrogens with one attached hydrogen (secondary N) is 1. The number of hydrogen-bond acceptors (Lipinski definition) is 5. The van der Waals surface area contributed by atoms with Crippen LogP contribution in [0.4, 0.5) is 5.13 Å². The number of piperidine rings is 1. The van der Waals surface area contributed by atoms with Crippen LogP contribution in [0.5, 0.6) is 0 Å². The lowest BCUT2D eigenvalue weighted by atomic mass is 9.87. The van der Waals surface area contributed by atoms with Crippen molar-refractivity contribution < 1.29 is 9.59 Å². The van der Waals surface area contributed by atoms with Gasteiger partial charge in [-0.1, -0.05) is 66.7 Å². The molecule has 1 aliphatic heterocycles. The van der Waals surface area contributed by atoms with Crippen molar-refractivity contribution in [1.82, 2.24) is 15.2 Å². The summed E-state index contributed by atoms with van der Waals surface area (Å²) in [6.07, 6.45) is 6.57. The van der Waals surface area contributed by atoms with E-state index in [9.17, 15) is 9.59 Å². The molecule has 6 nitrogen and oxygen atoms in total. The van der Waals surface area contributed by atoms with Gasteiger partial charge in [-0.05, 0) is 36.5 Å². The molecule has 0 spiro atoms. The zero-order valence-corrected chi connectivity index (χ0v) is 19.9. The van der Waals surface area contributed by atoms with Gasteiger partial charge in [0, 0.05) is 30.8 Å². The molecule has 1 atom stereocenters. The van der Waals surface area contributed by atoms with Crippen LogP contribution in [-0.4, -0.2) is 40.8 Å². The molecule has 3 N–H and O–H groups in total. The topological polar surface area (TPSA) is 88.3 Å². The molecule has 4 rings (SSSR count). The molecule has 1 aliphatic rings. The van der Waals surface area contributed by atoms with Crippen LogP contribution >= 0.6 is 11.3 Å². The molecule has 0 bridgehead atoms. The Morgan fingerprint density at radius 1 is 1.09 bits per heavy atom. The average Bonchev–Trinajstić information content (AvgIpc) is 3.30. The monoisotopic (exact) mass is 474 g/mol. The highest BCUT2D eigenvalue weighted by Crippen LogP contribution is 2.30. The maximum absolute atomic E-state index is 13.5. The SMILES string of the molecule is Nc1nc(/C=C/CNC(=O)[C@@H]2CCCCN2C(=O)CC(c2ccccc2)c2ccccc2)cs1. The Morgan fingerprint density at radius 2 is 1.76 bits per heavy atom. The number of rotatable bonds is 8. The van der Waals surface area contributed by atoms with E-state index in [1.54, 1.807) is 4.90 Å². The van der Waals surface area contributed by atoms with Crippen molar-refractivity contribution in [3.05, 3.63) is 88.9 Å². The van der Waals surface area contributed by atoms with Crippen LogP contribution in [-0.2, 0) is 9.59 Å².